The molecule has 86 valence electrons. The number of nitrogens with one attached hydrogen (secondary N) is 2. The molecular weight excluding hydrogens is 240 g/mol. The Bertz CT molecular complexity index is 871. The molecule has 0 aliphatic heterocycles. The maximum Gasteiger partial charge on any atom is 0.175 e. The first-order valence-electron chi connectivity index (χ1n) is 5.86. The van der Waals surface area contributed by atoms with Crippen LogP contribution in [0.15, 0.2) is 48.5 Å². The normalized spacial score (nSPS) is 11.6. The molecule has 4 aromatic rings. The molecule has 0 amide bonds. The van der Waals surface area contributed by atoms with Crippen LogP contribution < -0.4 is 0 Å². The molecule has 0 unspecified atom stereocenters. The first kappa shape index (κ1) is 9.85. The zero-order valence-corrected chi connectivity index (χ0v) is 10.3. The largest absolute Gasteiger partial charge is 0.330 e. The number of hydrogen-bond donors (Lipinski definition) is 2. The van der Waals surface area contributed by atoms with E-state index in [0.717, 1.165) is 11.0 Å². The molecular formula is C15H10N2S. The molecule has 0 aliphatic carbocycles. The molecule has 0 bridgehead atoms. The van der Waals surface area contributed by atoms with Crippen LogP contribution in [0.1, 0.15) is 0 Å². The Kier molecular flexibility index (Phi) is 1.88. The van der Waals surface area contributed by atoms with Crippen molar-refractivity contribution in [1.29, 1.82) is 0 Å². The van der Waals surface area contributed by atoms with E-state index >= 15 is 0 Å². The second-order valence-electron chi connectivity index (χ2n) is 4.42. The highest BCUT2D eigenvalue weighted by atomic mass is 32.1. The fourth-order valence-corrected chi connectivity index (χ4v) is 2.86. The predicted octanol–water partition coefficient (Wildman–Crippen LogP) is 4.53. The molecule has 0 atom stereocenters. The van der Waals surface area contributed by atoms with Crippen molar-refractivity contribution < 1.29 is 0 Å². The third kappa shape index (κ3) is 1.19. The van der Waals surface area contributed by atoms with Gasteiger partial charge >= 0.3 is 0 Å². The third-order valence-electron chi connectivity index (χ3n) is 3.41. The van der Waals surface area contributed by atoms with Gasteiger partial charge in [-0.25, -0.2) is 0 Å². The molecule has 0 saturated heterocycles. The molecule has 0 aliphatic rings. The van der Waals surface area contributed by atoms with Gasteiger partial charge in [0.1, 0.15) is 0 Å². The van der Waals surface area contributed by atoms with Crippen LogP contribution in [0.5, 0.6) is 0 Å². The van der Waals surface area contributed by atoms with Crippen molar-refractivity contribution in [3.8, 4) is 0 Å². The minimum Gasteiger partial charge on any atom is -0.330 e. The smallest absolute Gasteiger partial charge is 0.175 e. The van der Waals surface area contributed by atoms with Crippen LogP contribution in [0, 0.1) is 4.77 Å². The summed E-state index contributed by atoms with van der Waals surface area (Å²) >= 11 is 5.23. The van der Waals surface area contributed by atoms with Gasteiger partial charge in [-0.1, -0.05) is 48.5 Å². The van der Waals surface area contributed by atoms with E-state index in [2.05, 4.69) is 58.5 Å². The van der Waals surface area contributed by atoms with E-state index in [9.17, 15) is 0 Å². The Morgan fingerprint density at radius 2 is 1.00 bits per heavy atom. The number of aromatic amines is 2. The Labute approximate surface area is 108 Å². The monoisotopic (exact) mass is 250 g/mol. The Morgan fingerprint density at radius 3 is 1.44 bits per heavy atom. The standard InChI is InChI=1S/C15H10N2S/c18-15-16-13-11-7-3-1-5-9(11)10-6-2-4-8-12(10)14(13)17-15/h1-8H,(H2,16,17,18). The van der Waals surface area contributed by atoms with E-state index < -0.39 is 0 Å². The molecule has 3 heteroatoms. The Hall–Kier alpha value is -2.13. The van der Waals surface area contributed by atoms with Crippen LogP contribution in [-0.2, 0) is 0 Å². The lowest BCUT2D eigenvalue weighted by Gasteiger charge is -2.05. The van der Waals surface area contributed by atoms with Gasteiger partial charge in [0, 0.05) is 10.8 Å². The van der Waals surface area contributed by atoms with Crippen LogP contribution in [0.4, 0.5) is 0 Å². The van der Waals surface area contributed by atoms with Gasteiger partial charge in [-0.2, -0.15) is 0 Å². The molecule has 1 heterocycles. The van der Waals surface area contributed by atoms with E-state index in [1.165, 1.54) is 21.5 Å². The van der Waals surface area contributed by atoms with Gasteiger partial charge in [0.15, 0.2) is 4.77 Å². The fraction of sp³-hybridized carbons (Fsp3) is 0. The highest BCUT2D eigenvalue weighted by Gasteiger charge is 2.08. The SMILES string of the molecule is S=c1[nH]c2c3ccccc3c3ccccc3c2[nH]1. The first-order valence-corrected chi connectivity index (χ1v) is 6.27. The molecule has 1 aromatic heterocycles. The highest BCUT2D eigenvalue weighted by molar-refractivity contribution is 7.71. The quantitative estimate of drug-likeness (QED) is 0.348. The number of imidazole rings is 1. The average Bonchev–Trinajstić information content (AvgIpc) is 2.81. The number of H-pyrrole nitrogens is 2. The molecule has 0 fully saturated rings. The second kappa shape index (κ2) is 3.43. The molecule has 3 aromatic carbocycles. The summed E-state index contributed by atoms with van der Waals surface area (Å²) in [5, 5.41) is 4.92. The van der Waals surface area contributed by atoms with Gasteiger partial charge in [-0.05, 0) is 23.0 Å². The van der Waals surface area contributed by atoms with Gasteiger partial charge in [-0.3, -0.25) is 0 Å². The summed E-state index contributed by atoms with van der Waals surface area (Å²) in [7, 11) is 0. The maximum absolute atomic E-state index is 5.23. The van der Waals surface area contributed by atoms with Gasteiger partial charge < -0.3 is 9.97 Å². The summed E-state index contributed by atoms with van der Waals surface area (Å²) in [6.45, 7) is 0. The Balaban J connectivity index is 2.50. The van der Waals surface area contributed by atoms with Gasteiger partial charge in [0.2, 0.25) is 0 Å². The van der Waals surface area contributed by atoms with Crippen LogP contribution in [0.2, 0.25) is 0 Å². The van der Waals surface area contributed by atoms with Crippen molar-refractivity contribution in [3.63, 3.8) is 0 Å². The lowest BCUT2D eigenvalue weighted by atomic mass is 10.0. The highest BCUT2D eigenvalue weighted by Crippen LogP contribution is 2.32. The van der Waals surface area contributed by atoms with Crippen molar-refractivity contribution in [2.75, 3.05) is 0 Å². The maximum atomic E-state index is 5.23. The summed E-state index contributed by atoms with van der Waals surface area (Å²) in [4.78, 5) is 6.51. The molecule has 2 N–H and O–H groups in total. The molecule has 0 saturated carbocycles. The van der Waals surface area contributed by atoms with Crippen LogP contribution in [0.25, 0.3) is 32.6 Å². The molecule has 0 radical (unpaired) electrons. The number of fused-ring (bicyclic) bond motifs is 6. The van der Waals surface area contributed by atoms with Crippen molar-refractivity contribution in [2.24, 2.45) is 0 Å². The van der Waals surface area contributed by atoms with Crippen molar-refractivity contribution in [2.45, 2.75) is 0 Å². The third-order valence-corrected chi connectivity index (χ3v) is 3.61. The topological polar surface area (TPSA) is 31.6 Å². The van der Waals surface area contributed by atoms with Gasteiger partial charge in [-0.15, -0.1) is 0 Å². The minimum atomic E-state index is 0.673. The van der Waals surface area contributed by atoms with Gasteiger partial charge in [0.25, 0.3) is 0 Å². The lowest BCUT2D eigenvalue weighted by Crippen LogP contribution is -1.81. The first-order chi connectivity index (χ1) is 8.84. The van der Waals surface area contributed by atoms with Crippen molar-refractivity contribution >= 4 is 44.8 Å². The summed E-state index contributed by atoms with van der Waals surface area (Å²) in [6, 6.07) is 16.8. The molecule has 4 rings (SSSR count). The fourth-order valence-electron chi connectivity index (χ4n) is 2.66. The van der Waals surface area contributed by atoms with E-state index in [4.69, 9.17) is 12.2 Å². The minimum absolute atomic E-state index is 0.673. The summed E-state index contributed by atoms with van der Waals surface area (Å²) in [5.74, 6) is 0. The van der Waals surface area contributed by atoms with E-state index in [-0.39, 0.29) is 0 Å². The van der Waals surface area contributed by atoms with Crippen LogP contribution in [-0.4, -0.2) is 9.97 Å². The second-order valence-corrected chi connectivity index (χ2v) is 4.83. The summed E-state index contributed by atoms with van der Waals surface area (Å²) in [6.07, 6.45) is 0. The zero-order chi connectivity index (χ0) is 12.1. The number of hydrogen-bond acceptors (Lipinski definition) is 1. The van der Waals surface area contributed by atoms with Crippen LogP contribution >= 0.6 is 12.2 Å². The Morgan fingerprint density at radius 1 is 0.611 bits per heavy atom. The van der Waals surface area contributed by atoms with Crippen LogP contribution in [0.3, 0.4) is 0 Å². The summed E-state index contributed by atoms with van der Waals surface area (Å²) in [5.41, 5.74) is 2.18. The zero-order valence-electron chi connectivity index (χ0n) is 9.53. The van der Waals surface area contributed by atoms with E-state index in [1.54, 1.807) is 0 Å². The number of aromatic nitrogens is 2. The number of benzene rings is 3. The summed E-state index contributed by atoms with van der Waals surface area (Å²) < 4.78 is 0.673. The molecule has 2 nitrogen and oxygen atoms in total. The van der Waals surface area contributed by atoms with Crippen molar-refractivity contribution in [1.82, 2.24) is 9.97 Å². The average molecular weight is 250 g/mol. The molecule has 0 spiro atoms. The number of rotatable bonds is 0. The van der Waals surface area contributed by atoms with E-state index in [1.807, 2.05) is 0 Å². The van der Waals surface area contributed by atoms with Gasteiger partial charge in [0.05, 0.1) is 11.0 Å². The predicted molar refractivity (Wildman–Crippen MR) is 78.5 cm³/mol. The molecule has 18 heavy (non-hydrogen) atoms. The van der Waals surface area contributed by atoms with Crippen molar-refractivity contribution in [3.05, 3.63) is 53.3 Å². The van der Waals surface area contributed by atoms with E-state index in [0.29, 0.717) is 4.77 Å². The lowest BCUT2D eigenvalue weighted by molar-refractivity contribution is 1.30.